The Morgan fingerprint density at radius 2 is 2.04 bits per heavy atom. The van der Waals surface area contributed by atoms with E-state index in [-0.39, 0.29) is 24.8 Å². The van der Waals surface area contributed by atoms with Gasteiger partial charge in [-0.2, -0.15) is 5.10 Å². The van der Waals surface area contributed by atoms with Gasteiger partial charge in [-0.25, -0.2) is 4.39 Å². The fraction of sp³-hybridized carbons (Fsp3) is 0.353. The molecule has 24 heavy (non-hydrogen) atoms. The minimum Gasteiger partial charge on any atom is -0.387 e. The molecule has 1 aromatic carbocycles. The highest BCUT2D eigenvalue weighted by Crippen LogP contribution is 2.26. The summed E-state index contributed by atoms with van der Waals surface area (Å²) in [5.74, 6) is -1.42. The number of halogens is 1. The van der Waals surface area contributed by atoms with E-state index in [0.29, 0.717) is 12.0 Å². The molecular weight excluding hydrogens is 313 g/mol. The summed E-state index contributed by atoms with van der Waals surface area (Å²) >= 11 is 0. The maximum absolute atomic E-state index is 12.9. The molecule has 126 valence electrons. The van der Waals surface area contributed by atoms with Gasteiger partial charge in [0.05, 0.1) is 24.8 Å². The fourth-order valence-corrected chi connectivity index (χ4v) is 2.93. The smallest absolute Gasteiger partial charge is 0.233 e. The van der Waals surface area contributed by atoms with Crippen LogP contribution >= 0.6 is 0 Å². The van der Waals surface area contributed by atoms with E-state index in [1.54, 1.807) is 17.9 Å². The van der Waals surface area contributed by atoms with Gasteiger partial charge in [0, 0.05) is 19.7 Å². The van der Waals surface area contributed by atoms with Crippen LogP contribution in [0.2, 0.25) is 0 Å². The molecule has 2 atom stereocenters. The van der Waals surface area contributed by atoms with Gasteiger partial charge in [0.1, 0.15) is 5.82 Å². The number of nitrogens with zero attached hydrogens (tertiary/aromatic N) is 3. The number of likely N-dealkylation sites (tertiary alicyclic amines) is 1. The van der Waals surface area contributed by atoms with Crippen LogP contribution in [0.3, 0.4) is 0 Å². The normalized spacial score (nSPS) is 19.1. The Labute approximate surface area is 138 Å². The SMILES string of the molecule is Cn1cc(C[C@H]2CC(=O)N(C[C@@H](O)c3ccc(F)cc3)C2=O)cn1. The number of hydrogen-bond donors (Lipinski definition) is 1. The third-order valence-electron chi connectivity index (χ3n) is 4.19. The molecule has 1 saturated heterocycles. The Bertz CT molecular complexity index is 757. The zero-order chi connectivity index (χ0) is 17.3. The van der Waals surface area contributed by atoms with Crippen LogP contribution in [-0.2, 0) is 23.1 Å². The largest absolute Gasteiger partial charge is 0.387 e. The number of rotatable bonds is 5. The van der Waals surface area contributed by atoms with E-state index in [0.717, 1.165) is 10.5 Å². The monoisotopic (exact) mass is 331 g/mol. The highest BCUT2D eigenvalue weighted by molar-refractivity contribution is 6.03. The van der Waals surface area contributed by atoms with E-state index in [4.69, 9.17) is 0 Å². The molecule has 0 radical (unpaired) electrons. The van der Waals surface area contributed by atoms with Crippen molar-refractivity contribution >= 4 is 11.8 Å². The zero-order valence-electron chi connectivity index (χ0n) is 13.2. The van der Waals surface area contributed by atoms with Gasteiger partial charge >= 0.3 is 0 Å². The van der Waals surface area contributed by atoms with Crippen molar-refractivity contribution in [1.82, 2.24) is 14.7 Å². The molecule has 0 unspecified atom stereocenters. The van der Waals surface area contributed by atoms with Crippen molar-refractivity contribution in [1.29, 1.82) is 0 Å². The van der Waals surface area contributed by atoms with Crippen LogP contribution in [0.5, 0.6) is 0 Å². The average molecular weight is 331 g/mol. The Balaban J connectivity index is 1.66. The third kappa shape index (κ3) is 3.35. The molecule has 6 nitrogen and oxygen atoms in total. The number of aliphatic hydroxyl groups excluding tert-OH is 1. The van der Waals surface area contributed by atoms with E-state index in [1.807, 2.05) is 6.20 Å². The van der Waals surface area contributed by atoms with Crippen molar-refractivity contribution in [2.45, 2.75) is 18.9 Å². The quantitative estimate of drug-likeness (QED) is 0.836. The molecule has 3 rings (SSSR count). The first kappa shape index (κ1) is 16.3. The molecule has 7 heteroatoms. The third-order valence-corrected chi connectivity index (χ3v) is 4.19. The molecule has 1 aliphatic rings. The number of aromatic nitrogens is 2. The van der Waals surface area contributed by atoms with Gasteiger partial charge in [0.25, 0.3) is 0 Å². The van der Waals surface area contributed by atoms with E-state index in [1.165, 1.54) is 24.3 Å². The number of carbonyl (C=O) groups excluding carboxylic acids is 2. The van der Waals surface area contributed by atoms with Crippen LogP contribution in [0.25, 0.3) is 0 Å². The van der Waals surface area contributed by atoms with Gasteiger partial charge in [0.15, 0.2) is 0 Å². The predicted molar refractivity (Wildman–Crippen MR) is 83.1 cm³/mol. The van der Waals surface area contributed by atoms with Gasteiger partial charge in [-0.05, 0) is 29.7 Å². The maximum atomic E-state index is 12.9. The van der Waals surface area contributed by atoms with Crippen molar-refractivity contribution in [2.75, 3.05) is 6.54 Å². The first-order chi connectivity index (χ1) is 11.4. The van der Waals surface area contributed by atoms with Crippen LogP contribution in [0.1, 0.15) is 23.7 Å². The molecule has 2 amide bonds. The van der Waals surface area contributed by atoms with Crippen molar-refractivity contribution in [3.63, 3.8) is 0 Å². The molecule has 1 aliphatic heterocycles. The molecule has 2 aromatic rings. The number of imide groups is 1. The zero-order valence-corrected chi connectivity index (χ0v) is 13.2. The summed E-state index contributed by atoms with van der Waals surface area (Å²) in [5.41, 5.74) is 1.36. The molecule has 0 aliphatic carbocycles. The van der Waals surface area contributed by atoms with Crippen molar-refractivity contribution in [2.24, 2.45) is 13.0 Å². The van der Waals surface area contributed by atoms with Gasteiger partial charge in [-0.15, -0.1) is 0 Å². The highest BCUT2D eigenvalue weighted by atomic mass is 19.1. The fourth-order valence-electron chi connectivity index (χ4n) is 2.93. The Morgan fingerprint density at radius 3 is 2.67 bits per heavy atom. The maximum Gasteiger partial charge on any atom is 0.233 e. The summed E-state index contributed by atoms with van der Waals surface area (Å²) in [5, 5.41) is 14.3. The van der Waals surface area contributed by atoms with Crippen LogP contribution < -0.4 is 0 Å². The number of benzene rings is 1. The molecule has 0 bridgehead atoms. The lowest BCUT2D eigenvalue weighted by atomic mass is 10.0. The predicted octanol–water partition coefficient (Wildman–Crippen LogP) is 1.21. The molecular formula is C17H18FN3O3. The second-order valence-electron chi connectivity index (χ2n) is 6.04. The topological polar surface area (TPSA) is 75.4 Å². The Hall–Kier alpha value is -2.54. The van der Waals surface area contributed by atoms with Crippen LogP contribution in [0.4, 0.5) is 4.39 Å². The minimum absolute atomic E-state index is 0.118. The molecule has 0 saturated carbocycles. The number of aryl methyl sites for hydroxylation is 1. The number of aliphatic hydroxyl groups is 1. The number of amides is 2. The summed E-state index contributed by atoms with van der Waals surface area (Å²) < 4.78 is 14.6. The molecule has 0 spiro atoms. The minimum atomic E-state index is -1.03. The summed E-state index contributed by atoms with van der Waals surface area (Å²) in [4.78, 5) is 25.7. The van der Waals surface area contributed by atoms with Gasteiger partial charge in [-0.3, -0.25) is 19.2 Å². The lowest BCUT2D eigenvalue weighted by molar-refractivity contribution is -0.141. The Kier molecular flexibility index (Phi) is 4.44. The second kappa shape index (κ2) is 6.52. The van der Waals surface area contributed by atoms with Crippen LogP contribution in [-0.4, -0.2) is 38.1 Å². The van der Waals surface area contributed by atoms with Crippen molar-refractivity contribution < 1.29 is 19.1 Å². The second-order valence-corrected chi connectivity index (χ2v) is 6.04. The first-order valence-electron chi connectivity index (χ1n) is 7.69. The lowest BCUT2D eigenvalue weighted by Gasteiger charge is -2.19. The van der Waals surface area contributed by atoms with Crippen molar-refractivity contribution in [3.8, 4) is 0 Å². The van der Waals surface area contributed by atoms with Gasteiger partial charge in [0.2, 0.25) is 11.8 Å². The van der Waals surface area contributed by atoms with Crippen LogP contribution in [0.15, 0.2) is 36.7 Å². The summed E-state index contributed by atoms with van der Waals surface area (Å²) in [6, 6.07) is 5.35. The van der Waals surface area contributed by atoms with E-state index < -0.39 is 17.8 Å². The molecule has 1 fully saturated rings. The standard InChI is InChI=1S/C17H18FN3O3/c1-20-9-11(8-19-20)6-13-7-16(23)21(17(13)24)10-15(22)12-2-4-14(18)5-3-12/h2-5,8-9,13,15,22H,6-7,10H2,1H3/t13-,15+/m0/s1. The summed E-state index contributed by atoms with van der Waals surface area (Å²) in [6.07, 6.45) is 3.03. The average Bonchev–Trinajstić information content (AvgIpc) is 3.06. The molecule has 1 aromatic heterocycles. The van der Waals surface area contributed by atoms with E-state index in [2.05, 4.69) is 5.10 Å². The van der Waals surface area contributed by atoms with Gasteiger partial charge < -0.3 is 5.11 Å². The van der Waals surface area contributed by atoms with Crippen LogP contribution in [0, 0.1) is 11.7 Å². The number of β-amino-alcohol motifs (C(OH)–C–C–N with tert-alkyl or cyclic N) is 1. The first-order valence-corrected chi connectivity index (χ1v) is 7.69. The highest BCUT2D eigenvalue weighted by Gasteiger charge is 2.39. The number of hydrogen-bond acceptors (Lipinski definition) is 4. The Morgan fingerprint density at radius 1 is 1.33 bits per heavy atom. The molecule has 2 heterocycles. The van der Waals surface area contributed by atoms with E-state index >= 15 is 0 Å². The lowest BCUT2D eigenvalue weighted by Crippen LogP contribution is -2.34. The summed E-state index contributed by atoms with van der Waals surface area (Å²) in [7, 11) is 1.79. The van der Waals surface area contributed by atoms with E-state index in [9.17, 15) is 19.1 Å². The van der Waals surface area contributed by atoms with Gasteiger partial charge in [-0.1, -0.05) is 12.1 Å². The molecule has 1 N–H and O–H groups in total. The summed E-state index contributed by atoms with van der Waals surface area (Å²) in [6.45, 7) is -0.118. The van der Waals surface area contributed by atoms with Crippen molar-refractivity contribution in [3.05, 3.63) is 53.6 Å². The number of carbonyl (C=O) groups is 2.